The van der Waals surface area contributed by atoms with E-state index in [0.29, 0.717) is 6.42 Å². The topological polar surface area (TPSA) is 78.4 Å². The van der Waals surface area contributed by atoms with Crippen molar-refractivity contribution in [3.8, 4) is 0 Å². The largest absolute Gasteiger partial charge is 0.480 e. The first-order chi connectivity index (χ1) is 9.95. The van der Waals surface area contributed by atoms with Gasteiger partial charge < -0.3 is 15.7 Å². The van der Waals surface area contributed by atoms with Crippen LogP contribution in [0.5, 0.6) is 0 Å². The fourth-order valence-electron chi connectivity index (χ4n) is 2.74. The van der Waals surface area contributed by atoms with Crippen LogP contribution in [0.4, 0.5) is 4.79 Å². The molecule has 0 unspecified atom stereocenters. The molecular weight excluding hydrogens is 268 g/mol. The maximum absolute atomic E-state index is 12.0. The SMILES string of the molecule is CC(C)C[C@@H](NC(=O)NC1Cc2ccccc2C1)C(=O)O. The van der Waals surface area contributed by atoms with Crippen LogP contribution in [-0.2, 0) is 17.6 Å². The van der Waals surface area contributed by atoms with Gasteiger partial charge in [-0.25, -0.2) is 9.59 Å². The second-order valence-corrected chi connectivity index (χ2v) is 6.01. The van der Waals surface area contributed by atoms with Crippen LogP contribution in [0, 0.1) is 5.92 Å². The number of carbonyl (C=O) groups is 2. The van der Waals surface area contributed by atoms with Gasteiger partial charge in [0.25, 0.3) is 0 Å². The number of hydrogen-bond acceptors (Lipinski definition) is 2. The maximum Gasteiger partial charge on any atom is 0.326 e. The van der Waals surface area contributed by atoms with Crippen molar-refractivity contribution in [3.05, 3.63) is 35.4 Å². The second-order valence-electron chi connectivity index (χ2n) is 6.01. The van der Waals surface area contributed by atoms with Crippen LogP contribution in [0.2, 0.25) is 0 Å². The Morgan fingerprint density at radius 1 is 1.24 bits per heavy atom. The van der Waals surface area contributed by atoms with E-state index < -0.39 is 18.0 Å². The van der Waals surface area contributed by atoms with Gasteiger partial charge in [0, 0.05) is 6.04 Å². The summed E-state index contributed by atoms with van der Waals surface area (Å²) < 4.78 is 0. The number of amides is 2. The molecule has 21 heavy (non-hydrogen) atoms. The van der Waals surface area contributed by atoms with E-state index in [1.54, 1.807) is 0 Å². The molecule has 1 aromatic carbocycles. The number of urea groups is 1. The Morgan fingerprint density at radius 2 is 1.81 bits per heavy atom. The van der Waals surface area contributed by atoms with Crippen LogP contribution in [0.1, 0.15) is 31.4 Å². The van der Waals surface area contributed by atoms with Crippen LogP contribution < -0.4 is 10.6 Å². The number of carbonyl (C=O) groups excluding carboxylic acids is 1. The summed E-state index contributed by atoms with van der Waals surface area (Å²) in [5.74, 6) is -0.782. The standard InChI is InChI=1S/C16H22N2O3/c1-10(2)7-14(15(19)20)18-16(21)17-13-8-11-5-3-4-6-12(11)9-13/h3-6,10,13-14H,7-9H2,1-2H3,(H,19,20)(H2,17,18,21)/t14-/m1/s1. The average Bonchev–Trinajstić information content (AvgIpc) is 2.79. The zero-order valence-corrected chi connectivity index (χ0v) is 12.4. The van der Waals surface area contributed by atoms with Crippen LogP contribution in [-0.4, -0.2) is 29.2 Å². The predicted octanol–water partition coefficient (Wildman–Crippen LogP) is 1.95. The summed E-state index contributed by atoms with van der Waals surface area (Å²) in [6, 6.07) is 6.90. The number of hydrogen-bond donors (Lipinski definition) is 3. The van der Waals surface area contributed by atoms with Gasteiger partial charge in [-0.05, 0) is 36.3 Å². The molecule has 5 nitrogen and oxygen atoms in total. The molecule has 114 valence electrons. The minimum Gasteiger partial charge on any atom is -0.480 e. The van der Waals surface area contributed by atoms with Crippen molar-refractivity contribution in [2.45, 2.75) is 45.2 Å². The molecule has 1 atom stereocenters. The second kappa shape index (κ2) is 6.61. The molecule has 0 saturated carbocycles. The lowest BCUT2D eigenvalue weighted by Gasteiger charge is -2.19. The first-order valence-corrected chi connectivity index (χ1v) is 7.32. The summed E-state index contributed by atoms with van der Waals surface area (Å²) >= 11 is 0. The highest BCUT2D eigenvalue weighted by Gasteiger charge is 2.25. The summed E-state index contributed by atoms with van der Waals surface area (Å²) in [7, 11) is 0. The fourth-order valence-corrected chi connectivity index (χ4v) is 2.74. The number of aliphatic carboxylic acids is 1. The van der Waals surface area contributed by atoms with Crippen LogP contribution in [0.25, 0.3) is 0 Å². The zero-order valence-electron chi connectivity index (χ0n) is 12.4. The molecule has 2 rings (SSSR count). The van der Waals surface area contributed by atoms with Crippen molar-refractivity contribution < 1.29 is 14.7 Å². The monoisotopic (exact) mass is 290 g/mol. The molecule has 5 heteroatoms. The number of benzene rings is 1. The van der Waals surface area contributed by atoms with Crippen molar-refractivity contribution in [1.82, 2.24) is 10.6 Å². The Labute approximate surface area is 124 Å². The molecule has 3 N–H and O–H groups in total. The molecule has 0 saturated heterocycles. The van der Waals surface area contributed by atoms with Gasteiger partial charge >= 0.3 is 12.0 Å². The highest BCUT2D eigenvalue weighted by atomic mass is 16.4. The summed E-state index contributed by atoms with van der Waals surface area (Å²) in [6.45, 7) is 3.87. The molecule has 0 fully saturated rings. The lowest BCUT2D eigenvalue weighted by Crippen LogP contribution is -2.49. The van der Waals surface area contributed by atoms with Gasteiger partial charge in [0.15, 0.2) is 0 Å². The third-order valence-electron chi connectivity index (χ3n) is 3.70. The highest BCUT2D eigenvalue weighted by Crippen LogP contribution is 2.21. The van der Waals surface area contributed by atoms with E-state index >= 15 is 0 Å². The van der Waals surface area contributed by atoms with Gasteiger partial charge in [0.2, 0.25) is 0 Å². The first kappa shape index (κ1) is 15.4. The molecule has 0 radical (unpaired) electrons. The first-order valence-electron chi connectivity index (χ1n) is 7.32. The Bertz CT molecular complexity index is 503. The van der Waals surface area contributed by atoms with Crippen molar-refractivity contribution in [2.24, 2.45) is 5.92 Å². The fraction of sp³-hybridized carbons (Fsp3) is 0.500. The maximum atomic E-state index is 12.0. The van der Waals surface area contributed by atoms with E-state index in [-0.39, 0.29) is 12.0 Å². The van der Waals surface area contributed by atoms with Crippen molar-refractivity contribution in [2.75, 3.05) is 0 Å². The molecule has 1 aliphatic carbocycles. The number of nitrogens with one attached hydrogen (secondary N) is 2. The third-order valence-corrected chi connectivity index (χ3v) is 3.70. The molecule has 1 aliphatic rings. The van der Waals surface area contributed by atoms with Gasteiger partial charge in [0.05, 0.1) is 0 Å². The average molecular weight is 290 g/mol. The Hall–Kier alpha value is -2.04. The van der Waals surface area contributed by atoms with E-state index in [1.807, 2.05) is 26.0 Å². The van der Waals surface area contributed by atoms with Gasteiger partial charge in [-0.1, -0.05) is 38.1 Å². The minimum atomic E-state index is -0.992. The summed E-state index contributed by atoms with van der Waals surface area (Å²) in [5, 5.41) is 14.6. The summed E-state index contributed by atoms with van der Waals surface area (Å²) in [4.78, 5) is 23.1. The molecule has 0 aromatic heterocycles. The van der Waals surface area contributed by atoms with Gasteiger partial charge in [-0.15, -0.1) is 0 Å². The van der Waals surface area contributed by atoms with Crippen LogP contribution in [0.3, 0.4) is 0 Å². The van der Waals surface area contributed by atoms with Gasteiger partial charge in [-0.3, -0.25) is 0 Å². The Balaban J connectivity index is 1.86. The minimum absolute atomic E-state index is 0.0379. The molecule has 1 aromatic rings. The zero-order chi connectivity index (χ0) is 15.4. The van der Waals surface area contributed by atoms with Crippen molar-refractivity contribution in [3.63, 3.8) is 0 Å². The number of fused-ring (bicyclic) bond motifs is 1. The van der Waals surface area contributed by atoms with Crippen molar-refractivity contribution >= 4 is 12.0 Å². The molecule has 0 aliphatic heterocycles. The number of rotatable bonds is 5. The van der Waals surface area contributed by atoms with E-state index in [1.165, 1.54) is 11.1 Å². The van der Waals surface area contributed by atoms with E-state index in [9.17, 15) is 9.59 Å². The van der Waals surface area contributed by atoms with Crippen LogP contribution in [0.15, 0.2) is 24.3 Å². The normalized spacial score (nSPS) is 15.6. The Morgan fingerprint density at radius 3 is 2.29 bits per heavy atom. The smallest absolute Gasteiger partial charge is 0.326 e. The number of carboxylic acid groups (broad SMARTS) is 1. The quantitative estimate of drug-likeness (QED) is 0.775. The van der Waals surface area contributed by atoms with Gasteiger partial charge in [0.1, 0.15) is 6.04 Å². The molecular formula is C16H22N2O3. The lowest BCUT2D eigenvalue weighted by atomic mass is 10.0. The highest BCUT2D eigenvalue weighted by molar-refractivity contribution is 5.82. The summed E-state index contributed by atoms with van der Waals surface area (Å²) in [6.07, 6.45) is 2.02. The van der Waals surface area contributed by atoms with Crippen LogP contribution >= 0.6 is 0 Å². The molecule has 0 bridgehead atoms. The number of carboxylic acids is 1. The molecule has 0 spiro atoms. The van der Waals surface area contributed by atoms with E-state index in [4.69, 9.17) is 5.11 Å². The predicted molar refractivity (Wildman–Crippen MR) is 80.2 cm³/mol. The van der Waals surface area contributed by atoms with Crippen molar-refractivity contribution in [1.29, 1.82) is 0 Å². The van der Waals surface area contributed by atoms with E-state index in [0.717, 1.165) is 12.8 Å². The summed E-state index contributed by atoms with van der Waals surface area (Å²) in [5.41, 5.74) is 2.50. The molecule has 0 heterocycles. The third kappa shape index (κ3) is 4.21. The van der Waals surface area contributed by atoms with E-state index in [2.05, 4.69) is 22.8 Å². The van der Waals surface area contributed by atoms with Gasteiger partial charge in [-0.2, -0.15) is 0 Å². The molecule has 2 amide bonds. The lowest BCUT2D eigenvalue weighted by molar-refractivity contribution is -0.139. The Kier molecular flexibility index (Phi) is 4.83.